The van der Waals surface area contributed by atoms with Crippen LogP contribution in [0.25, 0.3) is 0 Å². The molecule has 0 aliphatic carbocycles. The lowest BCUT2D eigenvalue weighted by Crippen LogP contribution is -2.48. The molecule has 0 spiro atoms. The summed E-state index contributed by atoms with van der Waals surface area (Å²) in [5, 5.41) is 10.6. The van der Waals surface area contributed by atoms with Crippen molar-refractivity contribution in [3.05, 3.63) is 20.5 Å². The zero-order chi connectivity index (χ0) is 14.3. The lowest BCUT2D eigenvalue weighted by molar-refractivity contribution is -0.384. The summed E-state index contributed by atoms with van der Waals surface area (Å²) in [5.41, 5.74) is -0.620. The number of ether oxygens (including phenoxy) is 1. The first-order valence-electron chi connectivity index (χ1n) is 5.25. The molecule has 19 heavy (non-hydrogen) atoms. The van der Waals surface area contributed by atoms with E-state index in [1.807, 2.05) is 6.92 Å². The van der Waals surface area contributed by atoms with Crippen LogP contribution in [0.5, 0.6) is 0 Å². The lowest BCUT2D eigenvalue weighted by Gasteiger charge is -2.37. The summed E-state index contributed by atoms with van der Waals surface area (Å²) in [5.74, 6) is 0. The molecule has 1 saturated heterocycles. The molecule has 1 aliphatic rings. The van der Waals surface area contributed by atoms with Gasteiger partial charge in [0, 0.05) is 18.0 Å². The van der Waals surface area contributed by atoms with Gasteiger partial charge in [-0.05, 0) is 0 Å². The standard InChI is InChI=1S/C9H11ClN2O5S2/c1-9(4-17-5-9)3-11-19(15,16)7-2-6(12(13)14)8(10)18-7/h2,11H,3-5H2,1H3. The Bertz CT molecular complexity index is 608. The maximum atomic E-state index is 12.0. The predicted molar refractivity (Wildman–Crippen MR) is 70.1 cm³/mol. The highest BCUT2D eigenvalue weighted by atomic mass is 35.5. The number of thiophene rings is 1. The van der Waals surface area contributed by atoms with E-state index in [2.05, 4.69) is 4.72 Å². The zero-order valence-corrected chi connectivity index (χ0v) is 12.3. The molecule has 0 aromatic carbocycles. The molecule has 0 atom stereocenters. The van der Waals surface area contributed by atoms with Gasteiger partial charge in [-0.15, -0.1) is 11.3 Å². The van der Waals surface area contributed by atoms with Crippen molar-refractivity contribution in [3.8, 4) is 0 Å². The molecule has 1 aromatic rings. The Hall–Kier alpha value is -0.740. The third-order valence-corrected chi connectivity index (χ3v) is 5.91. The molecule has 7 nitrogen and oxygen atoms in total. The Morgan fingerprint density at radius 1 is 1.63 bits per heavy atom. The van der Waals surface area contributed by atoms with Crippen LogP contribution < -0.4 is 4.72 Å². The number of hydrogen-bond acceptors (Lipinski definition) is 6. The number of nitro groups is 1. The molecular formula is C9H11ClN2O5S2. The summed E-state index contributed by atoms with van der Waals surface area (Å²) in [4.78, 5) is 9.92. The number of nitrogens with one attached hydrogen (secondary N) is 1. The van der Waals surface area contributed by atoms with Crippen molar-refractivity contribution in [2.75, 3.05) is 19.8 Å². The molecule has 0 saturated carbocycles. The minimum atomic E-state index is -3.78. The highest BCUT2D eigenvalue weighted by molar-refractivity contribution is 7.91. The van der Waals surface area contributed by atoms with Crippen molar-refractivity contribution < 1.29 is 18.1 Å². The van der Waals surface area contributed by atoms with Gasteiger partial charge in [-0.3, -0.25) is 10.1 Å². The van der Waals surface area contributed by atoms with Crippen LogP contribution in [-0.4, -0.2) is 33.1 Å². The van der Waals surface area contributed by atoms with Gasteiger partial charge < -0.3 is 4.74 Å². The normalized spacial score (nSPS) is 18.0. The summed E-state index contributed by atoms with van der Waals surface area (Å²) in [6.45, 7) is 3.09. The van der Waals surface area contributed by atoms with Gasteiger partial charge in [0.25, 0.3) is 5.69 Å². The minimum Gasteiger partial charge on any atom is -0.380 e. The fourth-order valence-electron chi connectivity index (χ4n) is 1.49. The van der Waals surface area contributed by atoms with E-state index in [4.69, 9.17) is 16.3 Å². The highest BCUT2D eigenvalue weighted by Crippen LogP contribution is 2.36. The maximum absolute atomic E-state index is 12.0. The maximum Gasteiger partial charge on any atom is 0.300 e. The second kappa shape index (κ2) is 4.98. The van der Waals surface area contributed by atoms with Gasteiger partial charge in [-0.1, -0.05) is 18.5 Å². The van der Waals surface area contributed by atoms with E-state index in [1.54, 1.807) is 0 Å². The molecule has 1 aliphatic heterocycles. The molecule has 1 N–H and O–H groups in total. The highest BCUT2D eigenvalue weighted by Gasteiger charge is 2.35. The number of hydrogen-bond donors (Lipinski definition) is 1. The Morgan fingerprint density at radius 2 is 2.26 bits per heavy atom. The molecule has 0 bridgehead atoms. The third kappa shape index (κ3) is 3.06. The Labute approximate surface area is 118 Å². The van der Waals surface area contributed by atoms with E-state index in [0.717, 1.165) is 6.07 Å². The first kappa shape index (κ1) is 14.7. The average molecular weight is 327 g/mol. The van der Waals surface area contributed by atoms with Crippen LogP contribution in [0.4, 0.5) is 5.69 Å². The van der Waals surface area contributed by atoms with Gasteiger partial charge in [0.05, 0.1) is 18.1 Å². The van der Waals surface area contributed by atoms with Crippen molar-refractivity contribution in [1.82, 2.24) is 4.72 Å². The average Bonchev–Trinajstić information content (AvgIpc) is 2.67. The fourth-order valence-corrected chi connectivity index (χ4v) is 4.40. The second-order valence-electron chi connectivity index (χ2n) is 4.61. The van der Waals surface area contributed by atoms with E-state index >= 15 is 0 Å². The largest absolute Gasteiger partial charge is 0.380 e. The van der Waals surface area contributed by atoms with E-state index in [0.29, 0.717) is 24.6 Å². The number of sulfonamides is 1. The fraction of sp³-hybridized carbons (Fsp3) is 0.556. The quantitative estimate of drug-likeness (QED) is 0.655. The van der Waals surface area contributed by atoms with E-state index in [9.17, 15) is 18.5 Å². The van der Waals surface area contributed by atoms with Gasteiger partial charge in [0.15, 0.2) is 4.34 Å². The summed E-state index contributed by atoms with van der Waals surface area (Å²) in [6, 6.07) is 0.967. The van der Waals surface area contributed by atoms with E-state index < -0.39 is 20.6 Å². The lowest BCUT2D eigenvalue weighted by atomic mass is 9.89. The van der Waals surface area contributed by atoms with Crippen LogP contribution in [0.3, 0.4) is 0 Å². The molecule has 1 fully saturated rings. The third-order valence-electron chi connectivity index (χ3n) is 2.70. The van der Waals surface area contributed by atoms with Crippen LogP contribution in [0.15, 0.2) is 10.3 Å². The van der Waals surface area contributed by atoms with E-state index in [1.165, 1.54) is 0 Å². The Morgan fingerprint density at radius 3 is 2.68 bits per heavy atom. The zero-order valence-electron chi connectivity index (χ0n) is 9.88. The van der Waals surface area contributed by atoms with Crippen LogP contribution in [0.1, 0.15) is 6.92 Å². The summed E-state index contributed by atoms with van der Waals surface area (Å²) in [7, 11) is -3.78. The molecule has 2 rings (SSSR count). The first-order valence-corrected chi connectivity index (χ1v) is 7.92. The van der Waals surface area contributed by atoms with Crippen molar-refractivity contribution in [2.24, 2.45) is 5.41 Å². The Balaban J connectivity index is 2.15. The van der Waals surface area contributed by atoms with Gasteiger partial charge in [0.2, 0.25) is 10.0 Å². The molecule has 0 unspecified atom stereocenters. The molecule has 1 aromatic heterocycles. The van der Waals surface area contributed by atoms with Crippen molar-refractivity contribution in [2.45, 2.75) is 11.1 Å². The number of halogens is 1. The predicted octanol–water partition coefficient (Wildman–Crippen LogP) is 1.62. The number of nitrogens with zero attached hydrogens (tertiary/aromatic N) is 1. The van der Waals surface area contributed by atoms with Gasteiger partial charge in [0.1, 0.15) is 4.21 Å². The SMILES string of the molecule is CC1(CNS(=O)(=O)c2cc([N+](=O)[O-])c(Cl)s2)COC1. The van der Waals surface area contributed by atoms with Crippen LogP contribution in [0, 0.1) is 15.5 Å². The van der Waals surface area contributed by atoms with Gasteiger partial charge in [-0.25, -0.2) is 13.1 Å². The summed E-state index contributed by atoms with van der Waals surface area (Å²) in [6.07, 6.45) is 0. The minimum absolute atomic E-state index is 0.149. The Kier molecular flexibility index (Phi) is 3.85. The molecular weight excluding hydrogens is 316 g/mol. The van der Waals surface area contributed by atoms with Gasteiger partial charge >= 0.3 is 0 Å². The van der Waals surface area contributed by atoms with Crippen LogP contribution >= 0.6 is 22.9 Å². The monoisotopic (exact) mass is 326 g/mol. The van der Waals surface area contributed by atoms with Crippen LogP contribution in [-0.2, 0) is 14.8 Å². The molecule has 10 heteroatoms. The van der Waals surface area contributed by atoms with Crippen molar-refractivity contribution in [3.63, 3.8) is 0 Å². The van der Waals surface area contributed by atoms with Crippen molar-refractivity contribution in [1.29, 1.82) is 0 Å². The molecule has 106 valence electrons. The first-order chi connectivity index (χ1) is 8.73. The molecule has 0 amide bonds. The smallest absolute Gasteiger partial charge is 0.300 e. The topological polar surface area (TPSA) is 98.5 Å². The second-order valence-corrected chi connectivity index (χ2v) is 8.26. The molecule has 0 radical (unpaired) electrons. The van der Waals surface area contributed by atoms with Crippen molar-refractivity contribution >= 4 is 38.6 Å². The van der Waals surface area contributed by atoms with Crippen LogP contribution in [0.2, 0.25) is 4.34 Å². The summed E-state index contributed by atoms with van der Waals surface area (Å²) < 4.78 is 31.1. The molecule has 2 heterocycles. The number of rotatable bonds is 5. The summed E-state index contributed by atoms with van der Waals surface area (Å²) >= 11 is 6.31. The van der Waals surface area contributed by atoms with E-state index in [-0.39, 0.29) is 20.5 Å². The van der Waals surface area contributed by atoms with Gasteiger partial charge in [-0.2, -0.15) is 0 Å².